The van der Waals surface area contributed by atoms with Crippen LogP contribution in [0.25, 0.3) is 11.3 Å². The van der Waals surface area contributed by atoms with Crippen molar-refractivity contribution in [3.63, 3.8) is 0 Å². The molecular formula is C21H13ClF3N9. The van der Waals surface area contributed by atoms with Crippen LogP contribution in [-0.4, -0.2) is 15.9 Å². The monoisotopic (exact) mass is 483 g/mol. The molecule has 4 rings (SSSR count). The number of rotatable bonds is 2. The fraction of sp³-hybridized carbons (Fsp3) is 0.0952. The number of nitrogens with two attached hydrogens (primary N) is 2. The van der Waals surface area contributed by atoms with E-state index >= 15 is 0 Å². The molecule has 0 saturated carbocycles. The Morgan fingerprint density at radius 3 is 2.44 bits per heavy atom. The van der Waals surface area contributed by atoms with Crippen molar-refractivity contribution in [2.75, 3.05) is 16.8 Å². The molecule has 34 heavy (non-hydrogen) atoms. The normalized spacial score (nSPS) is 14.8. The van der Waals surface area contributed by atoms with Gasteiger partial charge in [0.1, 0.15) is 29.3 Å². The Bertz CT molecular complexity index is 1400. The molecule has 1 atom stereocenters. The van der Waals surface area contributed by atoms with Gasteiger partial charge in [-0.05, 0) is 11.6 Å². The average molecular weight is 484 g/mol. The Kier molecular flexibility index (Phi) is 5.61. The molecule has 2 aromatic heterocycles. The van der Waals surface area contributed by atoms with Gasteiger partial charge in [-0.1, -0.05) is 35.9 Å². The maximum Gasteiger partial charge on any atom is 0.417 e. The van der Waals surface area contributed by atoms with Crippen molar-refractivity contribution in [2.24, 2.45) is 4.99 Å². The third-order valence-electron chi connectivity index (χ3n) is 5.03. The van der Waals surface area contributed by atoms with Gasteiger partial charge >= 0.3 is 6.18 Å². The summed E-state index contributed by atoms with van der Waals surface area (Å²) in [6.07, 6.45) is -2.10. The summed E-state index contributed by atoms with van der Waals surface area (Å²) in [7, 11) is 0. The lowest BCUT2D eigenvalue weighted by Gasteiger charge is -2.26. The number of aromatic nitrogens is 2. The van der Waals surface area contributed by atoms with Crippen LogP contribution in [-0.2, 0) is 6.18 Å². The van der Waals surface area contributed by atoms with Crippen molar-refractivity contribution < 1.29 is 13.2 Å². The van der Waals surface area contributed by atoms with E-state index in [9.17, 15) is 18.4 Å². The number of hydrogen-bond acceptors (Lipinski definition) is 9. The molecular weight excluding hydrogens is 471 g/mol. The average Bonchev–Trinajstić information content (AvgIpc) is 2.78. The molecule has 0 fully saturated rings. The largest absolute Gasteiger partial charge is 0.417 e. The molecule has 170 valence electrons. The second-order valence-corrected chi connectivity index (χ2v) is 7.48. The summed E-state index contributed by atoms with van der Waals surface area (Å²) >= 11 is 6.05. The van der Waals surface area contributed by atoms with Crippen molar-refractivity contribution in [1.29, 1.82) is 10.5 Å². The molecule has 0 spiro atoms. The highest BCUT2D eigenvalue weighted by molar-refractivity contribution is 6.33. The molecule has 3 heterocycles. The highest BCUT2D eigenvalue weighted by Gasteiger charge is 2.32. The minimum absolute atomic E-state index is 0.00482. The molecule has 9 nitrogen and oxygen atoms in total. The van der Waals surface area contributed by atoms with Gasteiger partial charge in [-0.15, -0.1) is 0 Å². The summed E-state index contributed by atoms with van der Waals surface area (Å²) in [5.41, 5.74) is 12.8. The second kappa shape index (κ2) is 8.42. The predicted molar refractivity (Wildman–Crippen MR) is 119 cm³/mol. The molecule has 6 N–H and O–H groups in total. The maximum atomic E-state index is 12.9. The number of alkyl halides is 3. The fourth-order valence-corrected chi connectivity index (χ4v) is 3.73. The highest BCUT2D eigenvalue weighted by Crippen LogP contribution is 2.41. The lowest BCUT2D eigenvalue weighted by molar-refractivity contribution is -0.137. The first kappa shape index (κ1) is 22.6. The minimum atomic E-state index is -4.56. The highest BCUT2D eigenvalue weighted by atomic mass is 35.5. The molecule has 0 amide bonds. The molecule has 1 unspecified atom stereocenters. The Balaban J connectivity index is 1.77. The van der Waals surface area contributed by atoms with Gasteiger partial charge < -0.3 is 16.8 Å². The van der Waals surface area contributed by atoms with Gasteiger partial charge in [0.2, 0.25) is 5.96 Å². The van der Waals surface area contributed by atoms with Crippen LogP contribution in [0, 0.1) is 22.8 Å². The maximum absolute atomic E-state index is 12.9. The molecule has 0 aliphatic carbocycles. The van der Waals surface area contributed by atoms with Crippen molar-refractivity contribution in [2.45, 2.75) is 12.2 Å². The fourth-order valence-electron chi connectivity index (χ4n) is 3.45. The van der Waals surface area contributed by atoms with Crippen LogP contribution in [0.3, 0.4) is 0 Å². The quantitative estimate of drug-likeness (QED) is 0.316. The first-order valence-corrected chi connectivity index (χ1v) is 9.83. The Morgan fingerprint density at radius 2 is 1.85 bits per heavy atom. The SMILES string of the molecule is N#CNC1=NC(c2ccc(-c3ncc(C(F)(F)F)cc3Cl)cc2)c2c(nc(N)c(C#N)c2N)N1. The molecule has 0 bridgehead atoms. The third kappa shape index (κ3) is 3.98. The van der Waals surface area contributed by atoms with Gasteiger partial charge in [-0.3, -0.25) is 10.3 Å². The van der Waals surface area contributed by atoms with Gasteiger partial charge in [0.05, 0.1) is 22.0 Å². The van der Waals surface area contributed by atoms with E-state index in [0.29, 0.717) is 22.9 Å². The first-order valence-electron chi connectivity index (χ1n) is 9.46. The number of halogens is 4. The molecule has 13 heteroatoms. The van der Waals surface area contributed by atoms with E-state index in [1.807, 2.05) is 6.07 Å². The summed E-state index contributed by atoms with van der Waals surface area (Å²) in [4.78, 5) is 12.5. The van der Waals surface area contributed by atoms with Crippen LogP contribution < -0.4 is 22.1 Å². The van der Waals surface area contributed by atoms with E-state index in [2.05, 4.69) is 25.6 Å². The van der Waals surface area contributed by atoms with Crippen LogP contribution in [0.2, 0.25) is 5.02 Å². The van der Waals surface area contributed by atoms with E-state index < -0.39 is 17.8 Å². The lowest BCUT2D eigenvalue weighted by Crippen LogP contribution is -2.32. The van der Waals surface area contributed by atoms with Crippen molar-refractivity contribution in [1.82, 2.24) is 15.3 Å². The van der Waals surface area contributed by atoms with Crippen LogP contribution in [0.1, 0.15) is 28.3 Å². The summed E-state index contributed by atoms with van der Waals surface area (Å²) < 4.78 is 38.7. The molecule has 3 aromatic rings. The van der Waals surface area contributed by atoms with E-state index in [1.54, 1.807) is 30.5 Å². The molecule has 0 radical (unpaired) electrons. The third-order valence-corrected chi connectivity index (χ3v) is 5.31. The van der Waals surface area contributed by atoms with Gasteiger partial charge in [0.15, 0.2) is 6.19 Å². The number of nitrogen functional groups attached to an aromatic ring is 2. The topological polar surface area (TPSA) is 162 Å². The van der Waals surface area contributed by atoms with Crippen LogP contribution >= 0.6 is 11.6 Å². The molecule has 1 aromatic carbocycles. The lowest BCUT2D eigenvalue weighted by atomic mass is 9.94. The van der Waals surface area contributed by atoms with Crippen molar-refractivity contribution in [3.8, 4) is 23.5 Å². The Labute approximate surface area is 195 Å². The van der Waals surface area contributed by atoms with Crippen LogP contribution in [0.15, 0.2) is 41.5 Å². The zero-order valence-corrected chi connectivity index (χ0v) is 17.7. The summed E-state index contributed by atoms with van der Waals surface area (Å²) in [6.45, 7) is 0. The number of nitrogens with zero attached hydrogens (tertiary/aromatic N) is 5. The smallest absolute Gasteiger partial charge is 0.397 e. The minimum Gasteiger partial charge on any atom is -0.397 e. The number of aliphatic imine (C=N–C) groups is 1. The van der Waals surface area contributed by atoms with E-state index in [0.717, 1.165) is 6.07 Å². The number of benzene rings is 1. The van der Waals surface area contributed by atoms with Crippen LogP contribution in [0.5, 0.6) is 0 Å². The number of anilines is 3. The Hall–Kier alpha value is -4.55. The molecule has 1 aliphatic rings. The van der Waals surface area contributed by atoms with Gasteiger partial charge in [-0.25, -0.2) is 9.98 Å². The summed E-state index contributed by atoms with van der Waals surface area (Å²) in [5.74, 6) is 0.234. The molecule has 1 aliphatic heterocycles. The van der Waals surface area contributed by atoms with E-state index in [4.69, 9.17) is 28.3 Å². The van der Waals surface area contributed by atoms with Crippen molar-refractivity contribution in [3.05, 3.63) is 63.8 Å². The van der Waals surface area contributed by atoms with Gasteiger partial charge in [-0.2, -0.15) is 23.7 Å². The van der Waals surface area contributed by atoms with Crippen LogP contribution in [0.4, 0.5) is 30.5 Å². The van der Waals surface area contributed by atoms with E-state index in [-0.39, 0.29) is 39.6 Å². The Morgan fingerprint density at radius 1 is 1.15 bits per heavy atom. The predicted octanol–water partition coefficient (Wildman–Crippen LogP) is 3.79. The number of guanidine groups is 1. The number of hydrogen-bond donors (Lipinski definition) is 4. The number of fused-ring (bicyclic) bond motifs is 1. The van der Waals surface area contributed by atoms with Gasteiger partial charge in [0.25, 0.3) is 0 Å². The number of pyridine rings is 2. The van der Waals surface area contributed by atoms with E-state index in [1.165, 1.54) is 0 Å². The summed E-state index contributed by atoms with van der Waals surface area (Å²) in [5, 5.41) is 23.4. The summed E-state index contributed by atoms with van der Waals surface area (Å²) in [6, 6.07) is 8.48. The second-order valence-electron chi connectivity index (χ2n) is 7.08. The van der Waals surface area contributed by atoms with Gasteiger partial charge in [0, 0.05) is 17.3 Å². The zero-order chi connectivity index (χ0) is 24.6. The molecule has 0 saturated heterocycles. The standard InChI is InChI=1S/C21H13ClF3N9/c22-13-5-11(21(23,24)25)7-30-16(13)9-1-3-10(4-2-9)17-14-15(28)12(6-26)18(29)33-19(14)34-20(32-17)31-8-27/h1-5,7,17H,(H6,28,29,31,32,33,34). The van der Waals surface area contributed by atoms with Crippen molar-refractivity contribution >= 4 is 34.9 Å². The number of nitrogens with one attached hydrogen (secondary N) is 2. The zero-order valence-electron chi connectivity index (χ0n) is 16.9. The number of nitriles is 2. The first-order chi connectivity index (χ1) is 16.1.